The lowest BCUT2D eigenvalue weighted by molar-refractivity contribution is 0.533. The first-order valence-corrected chi connectivity index (χ1v) is 7.25. The van der Waals surface area contributed by atoms with E-state index in [1.807, 2.05) is 6.07 Å². The second-order valence-electron chi connectivity index (χ2n) is 4.55. The van der Waals surface area contributed by atoms with Crippen LogP contribution in [0, 0.1) is 18.3 Å². The number of hydrazone groups is 1. The summed E-state index contributed by atoms with van der Waals surface area (Å²) in [4.78, 5) is 16.2. The molecule has 0 fully saturated rings. The molecule has 0 spiro atoms. The van der Waals surface area contributed by atoms with Gasteiger partial charge >= 0.3 is 0 Å². The lowest BCUT2D eigenvalue weighted by atomic mass is 10.2. The van der Waals surface area contributed by atoms with Gasteiger partial charge in [-0.1, -0.05) is 15.9 Å². The van der Waals surface area contributed by atoms with E-state index in [9.17, 15) is 4.79 Å². The Morgan fingerprint density at radius 2 is 2.30 bits per heavy atom. The van der Waals surface area contributed by atoms with Gasteiger partial charge in [0, 0.05) is 11.4 Å². The Kier molecular flexibility index (Phi) is 3.95. The van der Waals surface area contributed by atoms with Gasteiger partial charge in [0.2, 0.25) is 11.1 Å². The molecule has 7 nitrogen and oxygen atoms in total. The number of nitriles is 1. The Morgan fingerprint density at radius 1 is 1.48 bits per heavy atom. The average molecular weight is 373 g/mol. The van der Waals surface area contributed by atoms with Crippen molar-refractivity contribution in [1.29, 1.82) is 5.26 Å². The van der Waals surface area contributed by atoms with Crippen LogP contribution in [0.2, 0.25) is 0 Å². The minimum absolute atomic E-state index is 0.0918. The molecule has 2 aromatic heterocycles. The van der Waals surface area contributed by atoms with E-state index in [2.05, 4.69) is 31.4 Å². The first kappa shape index (κ1) is 15.0. The zero-order valence-electron chi connectivity index (χ0n) is 11.8. The van der Waals surface area contributed by atoms with Gasteiger partial charge in [-0.05, 0) is 18.2 Å². The van der Waals surface area contributed by atoms with Gasteiger partial charge in [0.1, 0.15) is 17.9 Å². The van der Waals surface area contributed by atoms with Gasteiger partial charge < -0.3 is 8.83 Å². The SMILES string of the molecule is Cc1nc(C#N)c(N/N=C\c2coc3ccc(Br)cc3c2=O)o1. The molecule has 0 amide bonds. The van der Waals surface area contributed by atoms with E-state index in [0.29, 0.717) is 16.9 Å². The van der Waals surface area contributed by atoms with Crippen LogP contribution in [0.4, 0.5) is 5.88 Å². The van der Waals surface area contributed by atoms with E-state index < -0.39 is 0 Å². The number of rotatable bonds is 3. The molecule has 0 radical (unpaired) electrons. The summed E-state index contributed by atoms with van der Waals surface area (Å²) < 4.78 is 11.4. The molecule has 8 heteroatoms. The van der Waals surface area contributed by atoms with Gasteiger partial charge in [-0.15, -0.1) is 0 Å². The van der Waals surface area contributed by atoms with Crippen LogP contribution in [-0.2, 0) is 0 Å². The number of nitrogens with one attached hydrogen (secondary N) is 1. The van der Waals surface area contributed by atoms with Crippen molar-refractivity contribution in [2.75, 3.05) is 5.43 Å². The first-order valence-electron chi connectivity index (χ1n) is 6.46. The fourth-order valence-electron chi connectivity index (χ4n) is 1.95. The molecule has 0 saturated carbocycles. The predicted octanol–water partition coefficient (Wildman–Crippen LogP) is 3.17. The number of aromatic nitrogens is 1. The number of aryl methyl sites for hydroxylation is 1. The molecule has 1 N–H and O–H groups in total. The fraction of sp³-hybridized carbons (Fsp3) is 0.0667. The number of nitrogens with zero attached hydrogens (tertiary/aromatic N) is 3. The van der Waals surface area contributed by atoms with Gasteiger partial charge in [0.15, 0.2) is 5.89 Å². The summed E-state index contributed by atoms with van der Waals surface area (Å²) in [7, 11) is 0. The third-order valence-electron chi connectivity index (χ3n) is 2.97. The normalized spacial score (nSPS) is 11.0. The number of hydrogen-bond acceptors (Lipinski definition) is 7. The van der Waals surface area contributed by atoms with Crippen LogP contribution in [0.1, 0.15) is 17.1 Å². The maximum atomic E-state index is 12.4. The highest BCUT2D eigenvalue weighted by molar-refractivity contribution is 9.10. The van der Waals surface area contributed by atoms with Crippen LogP contribution in [0.15, 0.2) is 47.7 Å². The lowest BCUT2D eigenvalue weighted by Crippen LogP contribution is -2.08. The Balaban J connectivity index is 1.91. The van der Waals surface area contributed by atoms with Crippen LogP contribution in [-0.4, -0.2) is 11.2 Å². The zero-order valence-corrected chi connectivity index (χ0v) is 13.4. The number of halogens is 1. The summed E-state index contributed by atoms with van der Waals surface area (Å²) >= 11 is 3.32. The van der Waals surface area contributed by atoms with Crippen LogP contribution in [0.25, 0.3) is 11.0 Å². The molecule has 0 unspecified atom stereocenters. The highest BCUT2D eigenvalue weighted by atomic mass is 79.9. The molecule has 0 aliphatic rings. The number of oxazole rings is 1. The number of benzene rings is 1. The lowest BCUT2D eigenvalue weighted by Gasteiger charge is -1.99. The highest BCUT2D eigenvalue weighted by Gasteiger charge is 2.09. The maximum Gasteiger partial charge on any atom is 0.252 e. The molecule has 1 aromatic carbocycles. The van der Waals surface area contributed by atoms with Crippen LogP contribution < -0.4 is 10.9 Å². The molecule has 2 heterocycles. The number of anilines is 1. The first-order chi connectivity index (χ1) is 11.1. The molecule has 0 aliphatic heterocycles. The number of fused-ring (bicyclic) bond motifs is 1. The van der Waals surface area contributed by atoms with Crippen LogP contribution >= 0.6 is 15.9 Å². The van der Waals surface area contributed by atoms with Gasteiger partial charge in [-0.3, -0.25) is 4.79 Å². The quantitative estimate of drug-likeness (QED) is 0.559. The second kappa shape index (κ2) is 6.06. The average Bonchev–Trinajstić information content (AvgIpc) is 2.90. The molecule has 3 aromatic rings. The second-order valence-corrected chi connectivity index (χ2v) is 5.47. The standard InChI is InChI=1S/C15H9BrN4O3/c1-8-19-12(5-17)15(23-8)20-18-6-9-7-22-13-3-2-10(16)4-11(13)14(9)21/h2-4,6-7,20H,1H3/b18-6-. The Morgan fingerprint density at radius 3 is 3.09 bits per heavy atom. The Hall–Kier alpha value is -2.92. The summed E-state index contributed by atoms with van der Waals surface area (Å²) in [6, 6.07) is 7.05. The van der Waals surface area contributed by atoms with Crippen molar-refractivity contribution in [3.8, 4) is 6.07 Å². The van der Waals surface area contributed by atoms with Crippen molar-refractivity contribution in [2.24, 2.45) is 5.10 Å². The fourth-order valence-corrected chi connectivity index (χ4v) is 2.31. The smallest absolute Gasteiger partial charge is 0.252 e. The molecule has 0 saturated heterocycles. The maximum absolute atomic E-state index is 12.4. The summed E-state index contributed by atoms with van der Waals surface area (Å²) in [5.41, 5.74) is 3.17. The van der Waals surface area contributed by atoms with Crippen molar-refractivity contribution in [3.63, 3.8) is 0 Å². The largest absolute Gasteiger partial charge is 0.463 e. The van der Waals surface area contributed by atoms with Crippen molar-refractivity contribution < 1.29 is 8.83 Å². The van der Waals surface area contributed by atoms with E-state index in [4.69, 9.17) is 14.1 Å². The molecule has 114 valence electrons. The number of hydrogen-bond donors (Lipinski definition) is 1. The molecule has 0 aliphatic carbocycles. The monoisotopic (exact) mass is 372 g/mol. The van der Waals surface area contributed by atoms with Crippen molar-refractivity contribution in [2.45, 2.75) is 6.92 Å². The van der Waals surface area contributed by atoms with Gasteiger partial charge in [0.05, 0.1) is 17.2 Å². The molecule has 0 atom stereocenters. The van der Waals surface area contributed by atoms with Gasteiger partial charge in [-0.2, -0.15) is 10.4 Å². The van der Waals surface area contributed by atoms with Crippen LogP contribution in [0.3, 0.4) is 0 Å². The summed E-state index contributed by atoms with van der Waals surface area (Å²) in [5, 5.41) is 13.2. The van der Waals surface area contributed by atoms with E-state index in [-0.39, 0.29) is 22.6 Å². The molecular formula is C15H9BrN4O3. The third-order valence-corrected chi connectivity index (χ3v) is 3.46. The highest BCUT2D eigenvalue weighted by Crippen LogP contribution is 2.18. The molecular weight excluding hydrogens is 364 g/mol. The Labute approximate surface area is 138 Å². The summed E-state index contributed by atoms with van der Waals surface area (Å²) in [5.74, 6) is 0.462. The predicted molar refractivity (Wildman–Crippen MR) is 87.4 cm³/mol. The van der Waals surface area contributed by atoms with Crippen molar-refractivity contribution in [1.82, 2.24) is 4.98 Å². The van der Waals surface area contributed by atoms with Gasteiger partial charge in [-0.25, -0.2) is 10.4 Å². The van der Waals surface area contributed by atoms with Crippen LogP contribution in [0.5, 0.6) is 0 Å². The summed E-state index contributed by atoms with van der Waals surface area (Å²) in [6.45, 7) is 1.62. The minimum Gasteiger partial charge on any atom is -0.463 e. The molecule has 3 rings (SSSR count). The van der Waals surface area contributed by atoms with Crippen molar-refractivity contribution >= 4 is 39.0 Å². The van der Waals surface area contributed by atoms with Crippen molar-refractivity contribution in [3.05, 3.63) is 56.3 Å². The molecule has 23 heavy (non-hydrogen) atoms. The van der Waals surface area contributed by atoms with E-state index in [1.165, 1.54) is 12.5 Å². The Bertz CT molecular complexity index is 1010. The van der Waals surface area contributed by atoms with E-state index >= 15 is 0 Å². The summed E-state index contributed by atoms with van der Waals surface area (Å²) in [6.07, 6.45) is 2.62. The van der Waals surface area contributed by atoms with E-state index in [1.54, 1.807) is 25.1 Å². The molecule has 0 bridgehead atoms. The van der Waals surface area contributed by atoms with Gasteiger partial charge in [0.25, 0.3) is 5.88 Å². The minimum atomic E-state index is -0.215. The topological polar surface area (TPSA) is 104 Å². The third kappa shape index (κ3) is 3.00. The van der Waals surface area contributed by atoms with E-state index in [0.717, 1.165) is 4.47 Å². The zero-order chi connectivity index (χ0) is 16.4.